The van der Waals surface area contributed by atoms with Crippen LogP contribution in [0.15, 0.2) is 0 Å². The molecular formula is C9H17NO2. The van der Waals surface area contributed by atoms with Crippen molar-refractivity contribution in [2.45, 2.75) is 32.8 Å². The van der Waals surface area contributed by atoms with Gasteiger partial charge in [-0.05, 0) is 18.8 Å². The van der Waals surface area contributed by atoms with Crippen molar-refractivity contribution >= 4 is 0 Å². The number of rotatable bonds is 6. The average molecular weight is 171 g/mol. The lowest BCUT2D eigenvalue weighted by molar-refractivity contribution is 0.0652. The van der Waals surface area contributed by atoms with E-state index < -0.39 is 0 Å². The summed E-state index contributed by atoms with van der Waals surface area (Å²) < 4.78 is 5.22. The molecule has 3 heteroatoms. The summed E-state index contributed by atoms with van der Waals surface area (Å²) in [5.74, 6) is 0.476. The lowest BCUT2D eigenvalue weighted by Gasteiger charge is -2.11. The Bertz CT molecular complexity index is 140. The zero-order chi connectivity index (χ0) is 9.40. The maximum atomic E-state index is 8.64. The Hall–Kier alpha value is -0.590. The monoisotopic (exact) mass is 171 g/mol. The Morgan fingerprint density at radius 2 is 2.17 bits per heavy atom. The van der Waals surface area contributed by atoms with E-state index in [9.17, 15) is 0 Å². The summed E-state index contributed by atoms with van der Waals surface area (Å²) in [4.78, 5) is 0. The number of hydrogen-bond donors (Lipinski definition) is 1. The molecule has 0 aliphatic rings. The number of aliphatic hydroxyl groups is 1. The Morgan fingerprint density at radius 1 is 1.50 bits per heavy atom. The van der Waals surface area contributed by atoms with E-state index in [-0.39, 0.29) is 12.7 Å². The predicted molar refractivity (Wildman–Crippen MR) is 46.5 cm³/mol. The first-order chi connectivity index (χ1) is 5.70. The van der Waals surface area contributed by atoms with Crippen molar-refractivity contribution in [2.75, 3.05) is 13.2 Å². The molecule has 1 N–H and O–H groups in total. The minimum absolute atomic E-state index is 0.125. The second-order valence-corrected chi connectivity index (χ2v) is 3.20. The molecule has 3 nitrogen and oxygen atoms in total. The fraction of sp³-hybridized carbons (Fsp3) is 0.889. The van der Waals surface area contributed by atoms with Gasteiger partial charge in [0.05, 0.1) is 12.7 Å². The van der Waals surface area contributed by atoms with E-state index in [2.05, 4.69) is 19.9 Å². The topological polar surface area (TPSA) is 53.2 Å². The molecule has 0 aromatic rings. The second-order valence-electron chi connectivity index (χ2n) is 3.20. The third kappa shape index (κ3) is 6.14. The minimum Gasteiger partial charge on any atom is -0.396 e. The van der Waals surface area contributed by atoms with Crippen molar-refractivity contribution in [3.8, 4) is 6.07 Å². The number of nitriles is 1. The van der Waals surface area contributed by atoms with Crippen molar-refractivity contribution in [2.24, 2.45) is 5.92 Å². The van der Waals surface area contributed by atoms with Crippen LogP contribution in [-0.2, 0) is 4.74 Å². The first-order valence-corrected chi connectivity index (χ1v) is 4.32. The second kappa shape index (κ2) is 7.08. The van der Waals surface area contributed by atoms with Gasteiger partial charge in [-0.15, -0.1) is 0 Å². The van der Waals surface area contributed by atoms with Crippen molar-refractivity contribution in [3.63, 3.8) is 0 Å². The highest BCUT2D eigenvalue weighted by molar-refractivity contribution is 4.84. The van der Waals surface area contributed by atoms with Crippen molar-refractivity contribution in [3.05, 3.63) is 0 Å². The Labute approximate surface area is 74.0 Å². The average Bonchev–Trinajstić information content (AvgIpc) is 2.02. The van der Waals surface area contributed by atoms with Gasteiger partial charge < -0.3 is 9.84 Å². The lowest BCUT2D eigenvalue weighted by Crippen LogP contribution is -2.14. The molecule has 0 saturated heterocycles. The van der Waals surface area contributed by atoms with Gasteiger partial charge in [0.1, 0.15) is 6.10 Å². The molecule has 0 heterocycles. The van der Waals surface area contributed by atoms with E-state index in [0.29, 0.717) is 18.9 Å². The fourth-order valence-corrected chi connectivity index (χ4v) is 0.876. The van der Waals surface area contributed by atoms with Gasteiger partial charge in [0.2, 0.25) is 0 Å². The molecule has 12 heavy (non-hydrogen) atoms. The number of ether oxygens (including phenoxy) is 1. The maximum absolute atomic E-state index is 8.64. The third-order valence-corrected chi connectivity index (χ3v) is 1.45. The van der Waals surface area contributed by atoms with E-state index in [0.717, 1.165) is 6.42 Å². The zero-order valence-corrected chi connectivity index (χ0v) is 7.79. The number of hydrogen-bond acceptors (Lipinski definition) is 3. The van der Waals surface area contributed by atoms with Crippen LogP contribution >= 0.6 is 0 Å². The van der Waals surface area contributed by atoms with Crippen molar-refractivity contribution in [1.29, 1.82) is 5.26 Å². The van der Waals surface area contributed by atoms with Gasteiger partial charge in [-0.3, -0.25) is 0 Å². The molecule has 0 aliphatic carbocycles. The van der Waals surface area contributed by atoms with Gasteiger partial charge in [0.15, 0.2) is 0 Å². The van der Waals surface area contributed by atoms with Crippen molar-refractivity contribution < 1.29 is 9.84 Å². The molecule has 0 spiro atoms. The summed E-state index contributed by atoms with van der Waals surface area (Å²) in [7, 11) is 0. The Morgan fingerprint density at radius 3 is 2.58 bits per heavy atom. The molecule has 0 aliphatic heterocycles. The summed E-state index contributed by atoms with van der Waals surface area (Å²) in [5, 5.41) is 17.1. The zero-order valence-electron chi connectivity index (χ0n) is 7.79. The minimum atomic E-state index is -0.309. The van der Waals surface area contributed by atoms with E-state index >= 15 is 0 Å². The van der Waals surface area contributed by atoms with Crippen LogP contribution in [0.4, 0.5) is 0 Å². The molecule has 0 aromatic carbocycles. The van der Waals surface area contributed by atoms with Gasteiger partial charge >= 0.3 is 0 Å². The lowest BCUT2D eigenvalue weighted by atomic mass is 10.1. The highest BCUT2D eigenvalue weighted by Crippen LogP contribution is 2.07. The van der Waals surface area contributed by atoms with Crippen LogP contribution in [-0.4, -0.2) is 24.4 Å². The normalized spacial score (nSPS) is 12.9. The predicted octanol–water partition coefficient (Wildman–Crippen LogP) is 1.32. The molecule has 1 atom stereocenters. The third-order valence-electron chi connectivity index (χ3n) is 1.45. The quantitative estimate of drug-likeness (QED) is 0.613. The van der Waals surface area contributed by atoms with E-state index in [1.165, 1.54) is 0 Å². The largest absolute Gasteiger partial charge is 0.396 e. The van der Waals surface area contributed by atoms with Gasteiger partial charge in [-0.2, -0.15) is 5.26 Å². The van der Waals surface area contributed by atoms with Crippen LogP contribution in [0.5, 0.6) is 0 Å². The molecule has 0 aromatic heterocycles. The van der Waals surface area contributed by atoms with Crippen LogP contribution in [0, 0.1) is 17.2 Å². The van der Waals surface area contributed by atoms with Gasteiger partial charge in [0, 0.05) is 6.61 Å². The van der Waals surface area contributed by atoms with Crippen molar-refractivity contribution in [1.82, 2.24) is 0 Å². The van der Waals surface area contributed by atoms with Gasteiger partial charge in [-0.25, -0.2) is 0 Å². The Balaban J connectivity index is 3.48. The maximum Gasteiger partial charge on any atom is 0.144 e. The molecule has 0 saturated carbocycles. The molecule has 0 bridgehead atoms. The van der Waals surface area contributed by atoms with E-state index in [1.54, 1.807) is 0 Å². The number of aliphatic hydroxyl groups excluding tert-OH is 1. The fourth-order valence-electron chi connectivity index (χ4n) is 0.876. The Kier molecular flexibility index (Phi) is 6.73. The first kappa shape index (κ1) is 11.4. The molecule has 0 rings (SSSR count). The van der Waals surface area contributed by atoms with Crippen LogP contribution in [0.25, 0.3) is 0 Å². The SMILES string of the molecule is CC(C)CC(C#N)OCCCO. The summed E-state index contributed by atoms with van der Waals surface area (Å²) in [6.45, 7) is 4.71. The van der Waals surface area contributed by atoms with Crippen LogP contribution in [0.3, 0.4) is 0 Å². The summed E-state index contributed by atoms with van der Waals surface area (Å²) >= 11 is 0. The first-order valence-electron chi connectivity index (χ1n) is 4.32. The number of nitrogens with zero attached hydrogens (tertiary/aromatic N) is 1. The highest BCUT2D eigenvalue weighted by atomic mass is 16.5. The van der Waals surface area contributed by atoms with Crippen LogP contribution in [0.2, 0.25) is 0 Å². The van der Waals surface area contributed by atoms with E-state index in [4.69, 9.17) is 15.1 Å². The molecule has 0 fully saturated rings. The van der Waals surface area contributed by atoms with Crippen LogP contribution < -0.4 is 0 Å². The standard InChI is InChI=1S/C9H17NO2/c1-8(2)6-9(7-10)12-5-3-4-11/h8-9,11H,3-6H2,1-2H3. The molecular weight excluding hydrogens is 154 g/mol. The molecule has 1 unspecified atom stereocenters. The van der Waals surface area contributed by atoms with E-state index in [1.807, 2.05) is 0 Å². The molecule has 0 radical (unpaired) electrons. The van der Waals surface area contributed by atoms with Gasteiger partial charge in [0.25, 0.3) is 0 Å². The highest BCUT2D eigenvalue weighted by Gasteiger charge is 2.08. The van der Waals surface area contributed by atoms with Gasteiger partial charge in [-0.1, -0.05) is 13.8 Å². The smallest absolute Gasteiger partial charge is 0.144 e. The molecule has 70 valence electrons. The molecule has 0 amide bonds. The van der Waals surface area contributed by atoms with Crippen LogP contribution in [0.1, 0.15) is 26.7 Å². The summed E-state index contributed by atoms with van der Waals surface area (Å²) in [6, 6.07) is 2.09. The summed E-state index contributed by atoms with van der Waals surface area (Å²) in [6.07, 6.45) is 1.06. The summed E-state index contributed by atoms with van der Waals surface area (Å²) in [5.41, 5.74) is 0.